The van der Waals surface area contributed by atoms with Crippen LogP contribution in [0.2, 0.25) is 0 Å². The standard InChI is InChI=1S/C18H26N4O4/c1-17(26-21,16(23)24)14-5-3-11-10-12(2-4-13(11)25-14)15(20)22-18(6-7-18)8-9-19/h2,4,10,14H,3,5-9,19,21H2,1H3,(H2,20,22)(H,23,24). The fraction of sp³-hybridized carbons (Fsp3) is 0.556. The molecule has 142 valence electrons. The largest absolute Gasteiger partial charge is 0.486 e. The van der Waals surface area contributed by atoms with Crippen molar-refractivity contribution in [1.82, 2.24) is 0 Å². The van der Waals surface area contributed by atoms with Crippen LogP contribution >= 0.6 is 0 Å². The number of hydrogen-bond acceptors (Lipinski definition) is 6. The van der Waals surface area contributed by atoms with E-state index in [-0.39, 0.29) is 5.54 Å². The molecule has 3 rings (SSSR count). The number of ether oxygens (including phenoxy) is 1. The average molecular weight is 362 g/mol. The summed E-state index contributed by atoms with van der Waals surface area (Å²) in [6, 6.07) is 5.57. The van der Waals surface area contributed by atoms with Crippen molar-refractivity contribution in [3.63, 3.8) is 0 Å². The van der Waals surface area contributed by atoms with E-state index in [1.807, 2.05) is 12.1 Å². The zero-order valence-corrected chi connectivity index (χ0v) is 14.9. The SMILES string of the molecule is CC(ON)(C(=O)O)C1CCc2cc(C(N)=NC3(CCN)CC3)ccc2O1. The lowest BCUT2D eigenvalue weighted by atomic mass is 9.90. The van der Waals surface area contributed by atoms with Crippen molar-refractivity contribution < 1.29 is 19.5 Å². The number of carboxylic acid groups (broad SMARTS) is 1. The topological polar surface area (TPSA) is 146 Å². The van der Waals surface area contributed by atoms with E-state index in [1.165, 1.54) is 6.92 Å². The molecule has 7 N–H and O–H groups in total. The molecule has 0 amide bonds. The fourth-order valence-corrected chi connectivity index (χ4v) is 3.35. The summed E-state index contributed by atoms with van der Waals surface area (Å²) in [5, 5.41) is 9.38. The monoisotopic (exact) mass is 362 g/mol. The van der Waals surface area contributed by atoms with Crippen molar-refractivity contribution in [2.45, 2.75) is 56.3 Å². The van der Waals surface area contributed by atoms with E-state index in [0.29, 0.717) is 31.0 Å². The van der Waals surface area contributed by atoms with E-state index < -0.39 is 17.7 Å². The van der Waals surface area contributed by atoms with Crippen molar-refractivity contribution in [1.29, 1.82) is 0 Å². The third-order valence-electron chi connectivity index (χ3n) is 5.38. The third-order valence-corrected chi connectivity index (χ3v) is 5.38. The first kappa shape index (κ1) is 18.6. The van der Waals surface area contributed by atoms with Crippen molar-refractivity contribution in [3.05, 3.63) is 29.3 Å². The van der Waals surface area contributed by atoms with Gasteiger partial charge < -0.3 is 21.3 Å². The molecule has 1 saturated carbocycles. The van der Waals surface area contributed by atoms with Crippen LogP contribution in [0, 0.1) is 0 Å². The first-order valence-electron chi connectivity index (χ1n) is 8.80. The first-order valence-corrected chi connectivity index (χ1v) is 8.80. The Hall–Kier alpha value is -2.16. The van der Waals surface area contributed by atoms with Crippen molar-refractivity contribution in [3.8, 4) is 5.75 Å². The highest BCUT2D eigenvalue weighted by molar-refractivity contribution is 5.98. The Balaban J connectivity index is 1.79. The lowest BCUT2D eigenvalue weighted by molar-refractivity contribution is -0.179. The van der Waals surface area contributed by atoms with Crippen LogP contribution in [0.5, 0.6) is 5.75 Å². The number of aliphatic carboxylic acids is 1. The van der Waals surface area contributed by atoms with E-state index in [4.69, 9.17) is 26.9 Å². The molecule has 2 aliphatic rings. The van der Waals surface area contributed by atoms with Gasteiger partial charge in [0.1, 0.15) is 17.7 Å². The van der Waals surface area contributed by atoms with Crippen LogP contribution in [-0.4, -0.2) is 40.7 Å². The second-order valence-corrected chi connectivity index (χ2v) is 7.26. The maximum atomic E-state index is 11.5. The Kier molecular flexibility index (Phi) is 4.92. The number of aryl methyl sites for hydroxylation is 1. The van der Waals surface area contributed by atoms with E-state index >= 15 is 0 Å². The van der Waals surface area contributed by atoms with Gasteiger partial charge in [0, 0.05) is 5.56 Å². The zero-order chi connectivity index (χ0) is 18.9. The maximum Gasteiger partial charge on any atom is 0.341 e. The maximum absolute atomic E-state index is 11.5. The molecule has 1 aliphatic carbocycles. The third kappa shape index (κ3) is 3.40. The number of nitrogens with two attached hydrogens (primary N) is 3. The van der Waals surface area contributed by atoms with Gasteiger partial charge >= 0.3 is 5.97 Å². The van der Waals surface area contributed by atoms with E-state index in [9.17, 15) is 9.90 Å². The van der Waals surface area contributed by atoms with Gasteiger partial charge in [0.25, 0.3) is 0 Å². The number of aliphatic imine (C=N–C) groups is 1. The fourth-order valence-electron chi connectivity index (χ4n) is 3.35. The van der Waals surface area contributed by atoms with Gasteiger partial charge in [-0.1, -0.05) is 0 Å². The van der Waals surface area contributed by atoms with Gasteiger partial charge in [-0.15, -0.1) is 0 Å². The van der Waals surface area contributed by atoms with Gasteiger partial charge in [-0.2, -0.15) is 0 Å². The number of benzene rings is 1. The summed E-state index contributed by atoms with van der Waals surface area (Å²) in [6.45, 7) is 2.01. The molecule has 1 aromatic carbocycles. The summed E-state index contributed by atoms with van der Waals surface area (Å²) < 4.78 is 5.85. The number of rotatable bonds is 7. The van der Waals surface area contributed by atoms with Crippen LogP contribution in [-0.2, 0) is 16.1 Å². The van der Waals surface area contributed by atoms with Gasteiger partial charge in [0.05, 0.1) is 5.54 Å². The lowest BCUT2D eigenvalue weighted by Gasteiger charge is -2.35. The van der Waals surface area contributed by atoms with Crippen LogP contribution < -0.4 is 22.1 Å². The Morgan fingerprint density at radius 2 is 2.23 bits per heavy atom. The number of carboxylic acids is 1. The number of nitrogens with zero attached hydrogens (tertiary/aromatic N) is 1. The first-order chi connectivity index (χ1) is 12.3. The molecule has 0 radical (unpaired) electrons. The summed E-state index contributed by atoms with van der Waals surface area (Å²) in [5.74, 6) is 5.17. The van der Waals surface area contributed by atoms with Gasteiger partial charge in [-0.3, -0.25) is 9.83 Å². The van der Waals surface area contributed by atoms with Gasteiger partial charge in [0.2, 0.25) is 5.60 Å². The molecule has 0 spiro atoms. The van der Waals surface area contributed by atoms with Crippen LogP contribution in [0.3, 0.4) is 0 Å². The second-order valence-electron chi connectivity index (χ2n) is 7.26. The molecule has 1 aromatic rings. The minimum atomic E-state index is -1.60. The van der Waals surface area contributed by atoms with Crippen LogP contribution in [0.1, 0.15) is 43.7 Å². The number of fused-ring (bicyclic) bond motifs is 1. The molecule has 0 saturated heterocycles. The van der Waals surface area contributed by atoms with Crippen molar-refractivity contribution in [2.75, 3.05) is 6.54 Å². The molecule has 1 heterocycles. The Labute approximate surface area is 152 Å². The molecule has 26 heavy (non-hydrogen) atoms. The summed E-state index contributed by atoms with van der Waals surface area (Å²) in [7, 11) is 0. The molecule has 1 fully saturated rings. The van der Waals surface area contributed by atoms with E-state index in [1.54, 1.807) is 6.07 Å². The van der Waals surface area contributed by atoms with Gasteiger partial charge in [-0.05, 0) is 69.3 Å². The summed E-state index contributed by atoms with van der Waals surface area (Å²) in [6.07, 6.45) is 3.33. The molecule has 2 atom stereocenters. The molecule has 0 aromatic heterocycles. The Bertz CT molecular complexity index is 732. The number of carbonyl (C=O) groups is 1. The number of amidine groups is 1. The molecule has 1 aliphatic heterocycles. The summed E-state index contributed by atoms with van der Waals surface area (Å²) in [4.78, 5) is 20.9. The van der Waals surface area contributed by atoms with Gasteiger partial charge in [-0.25, -0.2) is 10.7 Å². The lowest BCUT2D eigenvalue weighted by Crippen LogP contribution is -2.54. The van der Waals surface area contributed by atoms with E-state index in [0.717, 1.165) is 30.4 Å². The highest BCUT2D eigenvalue weighted by Gasteiger charge is 2.46. The Morgan fingerprint density at radius 3 is 2.81 bits per heavy atom. The summed E-state index contributed by atoms with van der Waals surface area (Å²) in [5.41, 5.74) is 12.0. The van der Waals surface area contributed by atoms with Gasteiger partial charge in [0.15, 0.2) is 0 Å². The number of hydrogen-bond donors (Lipinski definition) is 4. The van der Waals surface area contributed by atoms with Crippen LogP contribution in [0.15, 0.2) is 23.2 Å². The van der Waals surface area contributed by atoms with Crippen molar-refractivity contribution in [2.24, 2.45) is 22.4 Å². The minimum absolute atomic E-state index is 0.0852. The quantitative estimate of drug-likeness (QED) is 0.317. The molecular weight excluding hydrogens is 336 g/mol. The zero-order valence-electron chi connectivity index (χ0n) is 14.9. The highest BCUT2D eigenvalue weighted by atomic mass is 16.7. The normalized spacial score (nSPS) is 23.5. The Morgan fingerprint density at radius 1 is 1.50 bits per heavy atom. The predicted molar refractivity (Wildman–Crippen MR) is 96.9 cm³/mol. The van der Waals surface area contributed by atoms with E-state index in [2.05, 4.69) is 4.99 Å². The minimum Gasteiger partial charge on any atom is -0.486 e. The molecule has 8 heteroatoms. The van der Waals surface area contributed by atoms with Crippen LogP contribution in [0.25, 0.3) is 0 Å². The average Bonchev–Trinajstić information content (AvgIpc) is 3.39. The molecular formula is C18H26N4O4. The molecule has 0 bridgehead atoms. The predicted octanol–water partition coefficient (Wildman–Crippen LogP) is 0.701. The second kappa shape index (κ2) is 6.86. The smallest absolute Gasteiger partial charge is 0.341 e. The summed E-state index contributed by atoms with van der Waals surface area (Å²) >= 11 is 0. The molecule has 8 nitrogen and oxygen atoms in total. The van der Waals surface area contributed by atoms with Crippen molar-refractivity contribution >= 4 is 11.8 Å². The molecule has 2 unspecified atom stereocenters. The van der Waals surface area contributed by atoms with Crippen LogP contribution in [0.4, 0.5) is 0 Å². The highest BCUT2D eigenvalue weighted by Crippen LogP contribution is 2.43.